The molecule has 1 aliphatic rings. The fourth-order valence-corrected chi connectivity index (χ4v) is 2.75. The summed E-state index contributed by atoms with van der Waals surface area (Å²) in [7, 11) is 2.16. The lowest BCUT2D eigenvalue weighted by molar-refractivity contribution is -0.122. The molecule has 1 fully saturated rings. The van der Waals surface area contributed by atoms with Crippen LogP contribution >= 0.6 is 0 Å². The Morgan fingerprint density at radius 2 is 2.09 bits per heavy atom. The Labute approximate surface area is 130 Å². The summed E-state index contributed by atoms with van der Waals surface area (Å²) in [5.74, 6) is 1.12. The van der Waals surface area contributed by atoms with Crippen molar-refractivity contribution in [2.75, 3.05) is 25.9 Å². The van der Waals surface area contributed by atoms with Crippen molar-refractivity contribution in [2.24, 2.45) is 0 Å². The van der Waals surface area contributed by atoms with Crippen LogP contribution in [0.25, 0.3) is 5.52 Å². The molecule has 3 heterocycles. The predicted octanol–water partition coefficient (Wildman–Crippen LogP) is 1.77. The van der Waals surface area contributed by atoms with E-state index >= 15 is 0 Å². The number of anilines is 1. The molecular formula is C15H25N5O2. The van der Waals surface area contributed by atoms with Gasteiger partial charge in [0.05, 0.1) is 0 Å². The van der Waals surface area contributed by atoms with Gasteiger partial charge in [-0.1, -0.05) is 13.8 Å². The quantitative estimate of drug-likeness (QED) is 0.779. The Hall–Kier alpha value is -2.15. The van der Waals surface area contributed by atoms with E-state index in [1.807, 2.05) is 18.4 Å². The fraction of sp³-hybridized carbons (Fsp3) is 0.533. The third kappa shape index (κ3) is 3.73. The standard InChI is InChI=1S/C12H17N5.C2H6.CH2O2/c1-8-5-10(9-3-4-16(2)6-9)17-11(8)12(13)14-7-15-17;1-2;2-1-3/h5,7,9H,3-4,6H2,1-2H3,(H2,13,14,15);1-2H3;1H,(H,2,3). The first-order chi connectivity index (χ1) is 10.6. The number of hydrogen-bond acceptors (Lipinski definition) is 5. The molecule has 1 saturated heterocycles. The molecule has 7 heteroatoms. The summed E-state index contributed by atoms with van der Waals surface area (Å²) in [4.78, 5) is 14.8. The van der Waals surface area contributed by atoms with Crippen LogP contribution in [0, 0.1) is 6.92 Å². The smallest absolute Gasteiger partial charge is 0.290 e. The number of carboxylic acid groups (broad SMARTS) is 1. The second-order valence-corrected chi connectivity index (χ2v) is 5.01. The number of nitrogens with two attached hydrogens (primary N) is 1. The van der Waals surface area contributed by atoms with Crippen molar-refractivity contribution in [3.8, 4) is 0 Å². The lowest BCUT2D eigenvalue weighted by Crippen LogP contribution is -2.14. The molecule has 1 unspecified atom stereocenters. The molecule has 2 aromatic heterocycles. The molecule has 0 radical (unpaired) electrons. The second-order valence-electron chi connectivity index (χ2n) is 5.01. The summed E-state index contributed by atoms with van der Waals surface area (Å²) in [6.45, 7) is 8.06. The van der Waals surface area contributed by atoms with Gasteiger partial charge in [0.15, 0.2) is 5.82 Å². The highest BCUT2D eigenvalue weighted by Gasteiger charge is 2.25. The van der Waals surface area contributed by atoms with Crippen molar-refractivity contribution in [1.29, 1.82) is 0 Å². The van der Waals surface area contributed by atoms with E-state index in [4.69, 9.17) is 15.6 Å². The monoisotopic (exact) mass is 307 g/mol. The molecule has 0 amide bonds. The Kier molecular flexibility index (Phi) is 6.78. The lowest BCUT2D eigenvalue weighted by atomic mass is 10.1. The van der Waals surface area contributed by atoms with E-state index in [1.54, 1.807) is 0 Å². The van der Waals surface area contributed by atoms with Gasteiger partial charge in [-0.05, 0) is 38.6 Å². The van der Waals surface area contributed by atoms with Crippen LogP contribution in [-0.4, -0.2) is 51.2 Å². The lowest BCUT2D eigenvalue weighted by Gasteiger charge is -2.10. The van der Waals surface area contributed by atoms with Gasteiger partial charge in [0, 0.05) is 18.2 Å². The van der Waals surface area contributed by atoms with Gasteiger partial charge >= 0.3 is 0 Å². The van der Waals surface area contributed by atoms with Gasteiger partial charge in [-0.2, -0.15) is 5.10 Å². The number of aromatic nitrogens is 3. The maximum absolute atomic E-state index is 8.36. The zero-order valence-corrected chi connectivity index (χ0v) is 13.7. The van der Waals surface area contributed by atoms with Crippen LogP contribution in [0.1, 0.15) is 37.4 Å². The number of nitrogens with zero attached hydrogens (tertiary/aromatic N) is 4. The summed E-state index contributed by atoms with van der Waals surface area (Å²) in [5.41, 5.74) is 9.29. The molecule has 0 saturated carbocycles. The minimum atomic E-state index is -0.250. The number of hydrogen-bond donors (Lipinski definition) is 2. The number of aryl methyl sites for hydroxylation is 1. The van der Waals surface area contributed by atoms with Gasteiger partial charge in [-0.25, -0.2) is 9.50 Å². The second kappa shape index (κ2) is 8.33. The van der Waals surface area contributed by atoms with Crippen LogP contribution in [-0.2, 0) is 4.79 Å². The molecule has 7 nitrogen and oxygen atoms in total. The van der Waals surface area contributed by atoms with Crippen LogP contribution < -0.4 is 5.73 Å². The molecule has 0 spiro atoms. The minimum Gasteiger partial charge on any atom is -0.483 e. The molecule has 0 aromatic carbocycles. The first-order valence-corrected chi connectivity index (χ1v) is 7.43. The normalized spacial score (nSPS) is 17.4. The van der Waals surface area contributed by atoms with E-state index in [0.717, 1.165) is 24.2 Å². The predicted molar refractivity (Wildman–Crippen MR) is 87.0 cm³/mol. The van der Waals surface area contributed by atoms with Crippen molar-refractivity contribution < 1.29 is 9.90 Å². The van der Waals surface area contributed by atoms with Crippen LogP contribution in [0.15, 0.2) is 12.4 Å². The summed E-state index contributed by atoms with van der Waals surface area (Å²) < 4.78 is 1.96. The third-order valence-corrected chi connectivity index (χ3v) is 3.61. The van der Waals surface area contributed by atoms with Gasteiger partial charge < -0.3 is 15.7 Å². The number of likely N-dealkylation sites (tertiary alicyclic amines) is 1. The Bertz CT molecular complexity index is 611. The number of fused-ring (bicyclic) bond motifs is 1. The number of nitrogen functional groups attached to an aromatic ring is 1. The Morgan fingerprint density at radius 3 is 2.64 bits per heavy atom. The number of rotatable bonds is 1. The number of likely N-dealkylation sites (N-methyl/N-ethyl adjacent to an activating group) is 1. The molecule has 122 valence electrons. The van der Waals surface area contributed by atoms with Crippen LogP contribution in [0.2, 0.25) is 0 Å². The maximum atomic E-state index is 8.36. The zero-order chi connectivity index (χ0) is 16.7. The highest BCUT2D eigenvalue weighted by molar-refractivity contribution is 5.70. The molecule has 0 bridgehead atoms. The molecule has 2 aromatic rings. The first kappa shape index (κ1) is 17.9. The molecule has 1 atom stereocenters. The summed E-state index contributed by atoms with van der Waals surface area (Å²) in [6, 6.07) is 2.20. The highest BCUT2D eigenvalue weighted by atomic mass is 16.3. The average molecular weight is 307 g/mol. The number of carbonyl (C=O) groups is 1. The first-order valence-electron chi connectivity index (χ1n) is 7.43. The van der Waals surface area contributed by atoms with Crippen molar-refractivity contribution in [3.63, 3.8) is 0 Å². The van der Waals surface area contributed by atoms with E-state index in [0.29, 0.717) is 11.7 Å². The SMILES string of the molecule is CC.Cc1cc(C2CCN(C)C2)n2ncnc(N)c12.O=CO. The van der Waals surface area contributed by atoms with Gasteiger partial charge in [-0.15, -0.1) is 0 Å². The fourth-order valence-electron chi connectivity index (χ4n) is 2.75. The van der Waals surface area contributed by atoms with E-state index in [1.165, 1.54) is 18.4 Å². The zero-order valence-electron chi connectivity index (χ0n) is 13.7. The van der Waals surface area contributed by atoms with Gasteiger partial charge in [0.2, 0.25) is 0 Å². The molecule has 3 N–H and O–H groups in total. The topological polar surface area (TPSA) is 96.8 Å². The van der Waals surface area contributed by atoms with Crippen molar-refractivity contribution in [1.82, 2.24) is 19.5 Å². The summed E-state index contributed by atoms with van der Waals surface area (Å²) in [6.07, 6.45) is 2.72. The largest absolute Gasteiger partial charge is 0.483 e. The van der Waals surface area contributed by atoms with Gasteiger partial charge in [0.25, 0.3) is 6.47 Å². The van der Waals surface area contributed by atoms with Crippen LogP contribution in [0.5, 0.6) is 0 Å². The Morgan fingerprint density at radius 1 is 1.45 bits per heavy atom. The van der Waals surface area contributed by atoms with Crippen LogP contribution in [0.3, 0.4) is 0 Å². The van der Waals surface area contributed by atoms with E-state index < -0.39 is 0 Å². The van der Waals surface area contributed by atoms with Gasteiger partial charge in [0.1, 0.15) is 11.8 Å². The highest BCUT2D eigenvalue weighted by Crippen LogP contribution is 2.30. The van der Waals surface area contributed by atoms with Crippen molar-refractivity contribution >= 4 is 17.8 Å². The van der Waals surface area contributed by atoms with E-state index in [2.05, 4.69) is 35.0 Å². The average Bonchev–Trinajstić information content (AvgIpc) is 3.07. The van der Waals surface area contributed by atoms with Gasteiger partial charge in [-0.3, -0.25) is 4.79 Å². The van der Waals surface area contributed by atoms with Crippen LogP contribution in [0.4, 0.5) is 5.82 Å². The van der Waals surface area contributed by atoms with Crippen molar-refractivity contribution in [2.45, 2.75) is 33.1 Å². The Balaban J connectivity index is 0.000000435. The summed E-state index contributed by atoms with van der Waals surface area (Å²) >= 11 is 0. The molecule has 3 rings (SSSR count). The minimum absolute atomic E-state index is 0.250. The van der Waals surface area contributed by atoms with E-state index in [9.17, 15) is 0 Å². The van der Waals surface area contributed by atoms with E-state index in [-0.39, 0.29) is 6.47 Å². The molecular weight excluding hydrogens is 282 g/mol. The maximum Gasteiger partial charge on any atom is 0.290 e. The third-order valence-electron chi connectivity index (χ3n) is 3.61. The molecule has 1 aliphatic heterocycles. The summed E-state index contributed by atoms with van der Waals surface area (Å²) in [5, 5.41) is 11.2. The molecule has 22 heavy (non-hydrogen) atoms. The van der Waals surface area contributed by atoms with Crippen molar-refractivity contribution in [3.05, 3.63) is 23.7 Å². The molecule has 0 aliphatic carbocycles.